The summed E-state index contributed by atoms with van der Waals surface area (Å²) in [5.74, 6) is 1.21. The molecule has 1 aliphatic heterocycles. The van der Waals surface area contributed by atoms with E-state index in [1.54, 1.807) is 29.2 Å². The maximum absolute atomic E-state index is 12.6. The average molecular weight is 398 g/mol. The van der Waals surface area contributed by atoms with E-state index in [1.165, 1.54) is 0 Å². The zero-order chi connectivity index (χ0) is 20.5. The molecule has 9 heteroatoms. The Hall–Kier alpha value is -4.19. The molecule has 0 atom stereocenters. The molecule has 1 aromatic carbocycles. The molecule has 1 saturated heterocycles. The Bertz CT molecular complexity index is 1300. The highest BCUT2D eigenvalue weighted by molar-refractivity contribution is 5.76. The molecule has 0 spiro atoms. The zero-order valence-electron chi connectivity index (χ0n) is 16.1. The molecule has 1 fully saturated rings. The molecule has 0 unspecified atom stereocenters. The fourth-order valence-corrected chi connectivity index (χ4v) is 3.68. The molecule has 0 saturated carbocycles. The average Bonchev–Trinajstić information content (AvgIpc) is 3.24. The molecule has 0 radical (unpaired) electrons. The molecule has 3 aromatic heterocycles. The summed E-state index contributed by atoms with van der Waals surface area (Å²) >= 11 is 0. The molecule has 0 amide bonds. The van der Waals surface area contributed by atoms with Crippen LogP contribution in [0.5, 0.6) is 0 Å². The molecule has 4 aromatic rings. The van der Waals surface area contributed by atoms with Crippen molar-refractivity contribution < 1.29 is 0 Å². The number of aromatic amines is 1. The van der Waals surface area contributed by atoms with Crippen molar-refractivity contribution in [1.82, 2.24) is 24.7 Å². The van der Waals surface area contributed by atoms with Crippen molar-refractivity contribution in [2.24, 2.45) is 0 Å². The third-order valence-corrected chi connectivity index (χ3v) is 5.21. The third kappa shape index (κ3) is 3.04. The van der Waals surface area contributed by atoms with Gasteiger partial charge in [0.15, 0.2) is 5.65 Å². The summed E-state index contributed by atoms with van der Waals surface area (Å²) < 4.78 is 1.68. The summed E-state index contributed by atoms with van der Waals surface area (Å²) in [7, 11) is 0. The van der Waals surface area contributed by atoms with Gasteiger partial charge in [0, 0.05) is 32.4 Å². The van der Waals surface area contributed by atoms with Crippen LogP contribution in [-0.2, 0) is 0 Å². The second-order valence-corrected chi connectivity index (χ2v) is 6.98. The van der Waals surface area contributed by atoms with E-state index in [-0.39, 0.29) is 5.56 Å². The van der Waals surface area contributed by atoms with Crippen molar-refractivity contribution in [3.63, 3.8) is 0 Å². The predicted octanol–water partition coefficient (Wildman–Crippen LogP) is 1.70. The summed E-state index contributed by atoms with van der Waals surface area (Å²) in [6.07, 6.45) is 3.24. The number of anilines is 2. The molecule has 0 aliphatic carbocycles. The predicted molar refractivity (Wildman–Crippen MR) is 113 cm³/mol. The minimum atomic E-state index is -0.212. The molecule has 30 heavy (non-hydrogen) atoms. The molecule has 4 heterocycles. The molecule has 148 valence electrons. The van der Waals surface area contributed by atoms with Crippen LogP contribution in [0, 0.1) is 11.3 Å². The van der Waals surface area contributed by atoms with Crippen molar-refractivity contribution in [1.29, 1.82) is 5.26 Å². The van der Waals surface area contributed by atoms with Crippen LogP contribution in [0.3, 0.4) is 0 Å². The Morgan fingerprint density at radius 1 is 1.00 bits per heavy atom. The van der Waals surface area contributed by atoms with E-state index < -0.39 is 0 Å². The van der Waals surface area contributed by atoms with Crippen LogP contribution in [0.25, 0.3) is 16.7 Å². The van der Waals surface area contributed by atoms with Crippen LogP contribution in [-0.4, -0.2) is 50.9 Å². The number of nitrogens with zero attached hydrogens (tertiary/aromatic N) is 7. The normalized spacial score (nSPS) is 14.1. The molecular weight excluding hydrogens is 380 g/mol. The molecular formula is C21H18N8O. The number of piperazine rings is 1. The standard InChI is InChI=1S/C21H18N8O/c22-13-15-5-4-8-23-18(15)27-9-11-28(12-10-27)21-25-19-17(20(30)26-21)14-24-29(19)16-6-2-1-3-7-16/h1-8,14H,9-12H2,(H,25,26,30). The number of rotatable bonds is 3. The number of nitriles is 1. The Morgan fingerprint density at radius 3 is 2.53 bits per heavy atom. The van der Waals surface area contributed by atoms with Gasteiger partial charge in [0.25, 0.3) is 5.56 Å². The van der Waals surface area contributed by atoms with Crippen molar-refractivity contribution in [2.75, 3.05) is 36.0 Å². The van der Waals surface area contributed by atoms with Crippen LogP contribution in [0.1, 0.15) is 5.56 Å². The topological polar surface area (TPSA) is 107 Å². The number of H-pyrrole nitrogens is 1. The van der Waals surface area contributed by atoms with Crippen molar-refractivity contribution in [3.8, 4) is 11.8 Å². The van der Waals surface area contributed by atoms with Crippen molar-refractivity contribution >= 4 is 22.8 Å². The highest BCUT2D eigenvalue weighted by Gasteiger charge is 2.23. The lowest BCUT2D eigenvalue weighted by molar-refractivity contribution is 0.634. The monoisotopic (exact) mass is 398 g/mol. The van der Waals surface area contributed by atoms with Crippen LogP contribution < -0.4 is 15.4 Å². The Balaban J connectivity index is 1.44. The molecule has 1 aliphatic rings. The van der Waals surface area contributed by atoms with E-state index in [9.17, 15) is 10.1 Å². The van der Waals surface area contributed by atoms with Gasteiger partial charge in [-0.05, 0) is 24.3 Å². The van der Waals surface area contributed by atoms with Gasteiger partial charge in [-0.25, -0.2) is 9.67 Å². The molecule has 1 N–H and O–H groups in total. The van der Waals surface area contributed by atoms with E-state index in [0.29, 0.717) is 54.5 Å². The number of aromatic nitrogens is 5. The second kappa shape index (κ2) is 7.33. The lowest BCUT2D eigenvalue weighted by Crippen LogP contribution is -2.48. The Kier molecular flexibility index (Phi) is 4.37. The van der Waals surface area contributed by atoms with Crippen molar-refractivity contribution in [2.45, 2.75) is 0 Å². The van der Waals surface area contributed by atoms with E-state index in [1.807, 2.05) is 35.2 Å². The van der Waals surface area contributed by atoms with Gasteiger partial charge in [0.1, 0.15) is 17.3 Å². The number of nitrogens with one attached hydrogen (secondary N) is 1. The SMILES string of the molecule is N#Cc1cccnc1N1CCN(c2nc3c(cnn3-c3ccccc3)c(=O)[nH]2)CC1. The Morgan fingerprint density at radius 2 is 1.77 bits per heavy atom. The van der Waals surface area contributed by atoms with Gasteiger partial charge in [-0.2, -0.15) is 15.3 Å². The van der Waals surface area contributed by atoms with Gasteiger partial charge in [-0.15, -0.1) is 0 Å². The second-order valence-electron chi connectivity index (χ2n) is 6.98. The van der Waals surface area contributed by atoms with E-state index >= 15 is 0 Å². The van der Waals surface area contributed by atoms with E-state index in [2.05, 4.69) is 26.0 Å². The van der Waals surface area contributed by atoms with Crippen LogP contribution in [0.2, 0.25) is 0 Å². The largest absolute Gasteiger partial charge is 0.352 e. The lowest BCUT2D eigenvalue weighted by atomic mass is 10.2. The Labute approximate surface area is 171 Å². The minimum Gasteiger partial charge on any atom is -0.352 e. The van der Waals surface area contributed by atoms with Gasteiger partial charge in [-0.1, -0.05) is 18.2 Å². The van der Waals surface area contributed by atoms with Crippen LogP contribution >= 0.6 is 0 Å². The summed E-state index contributed by atoms with van der Waals surface area (Å²) in [6, 6.07) is 15.3. The van der Waals surface area contributed by atoms with Crippen molar-refractivity contribution in [3.05, 3.63) is 70.8 Å². The summed E-state index contributed by atoms with van der Waals surface area (Å²) in [6.45, 7) is 2.64. The number of hydrogen-bond donors (Lipinski definition) is 1. The number of fused-ring (bicyclic) bond motifs is 1. The number of hydrogen-bond acceptors (Lipinski definition) is 7. The zero-order valence-corrected chi connectivity index (χ0v) is 16.1. The van der Waals surface area contributed by atoms with Gasteiger partial charge in [0.2, 0.25) is 5.95 Å². The number of pyridine rings is 1. The highest BCUT2D eigenvalue weighted by atomic mass is 16.1. The van der Waals surface area contributed by atoms with E-state index in [4.69, 9.17) is 4.98 Å². The molecule has 5 rings (SSSR count). The summed E-state index contributed by atoms with van der Waals surface area (Å²) in [4.78, 5) is 28.7. The fraction of sp³-hybridized carbons (Fsp3) is 0.190. The first kappa shape index (κ1) is 17.9. The third-order valence-electron chi connectivity index (χ3n) is 5.21. The van der Waals surface area contributed by atoms with E-state index in [0.717, 1.165) is 5.69 Å². The minimum absolute atomic E-state index is 0.212. The smallest absolute Gasteiger partial charge is 0.263 e. The van der Waals surface area contributed by atoms with Crippen LogP contribution in [0.15, 0.2) is 59.7 Å². The maximum atomic E-state index is 12.6. The first-order valence-corrected chi connectivity index (χ1v) is 9.63. The first-order valence-electron chi connectivity index (χ1n) is 9.63. The number of benzene rings is 1. The first-order chi connectivity index (χ1) is 14.7. The van der Waals surface area contributed by atoms with Gasteiger partial charge < -0.3 is 9.80 Å². The fourth-order valence-electron chi connectivity index (χ4n) is 3.68. The summed E-state index contributed by atoms with van der Waals surface area (Å²) in [5, 5.41) is 14.1. The highest BCUT2D eigenvalue weighted by Crippen LogP contribution is 2.21. The quantitative estimate of drug-likeness (QED) is 0.560. The number of para-hydroxylation sites is 1. The summed E-state index contributed by atoms with van der Waals surface area (Å²) in [5.41, 5.74) is 1.72. The molecule has 9 nitrogen and oxygen atoms in total. The maximum Gasteiger partial charge on any atom is 0.263 e. The van der Waals surface area contributed by atoms with Crippen LogP contribution in [0.4, 0.5) is 11.8 Å². The van der Waals surface area contributed by atoms with Gasteiger partial charge in [-0.3, -0.25) is 9.78 Å². The molecule has 0 bridgehead atoms. The van der Waals surface area contributed by atoms with Gasteiger partial charge >= 0.3 is 0 Å². The van der Waals surface area contributed by atoms with Gasteiger partial charge in [0.05, 0.1) is 17.4 Å². The lowest BCUT2D eigenvalue weighted by Gasteiger charge is -2.35.